The molecule has 0 unspecified atom stereocenters. The van der Waals surface area contributed by atoms with Crippen molar-refractivity contribution in [2.45, 2.75) is 53.9 Å². The van der Waals surface area contributed by atoms with Crippen LogP contribution in [-0.4, -0.2) is 0 Å². The fourth-order valence-electron chi connectivity index (χ4n) is 3.87. The van der Waals surface area contributed by atoms with Crippen LogP contribution in [0.15, 0.2) is 54.6 Å². The van der Waals surface area contributed by atoms with Crippen LogP contribution in [0.2, 0.25) is 0 Å². The Labute approximate surface area is 223 Å². The van der Waals surface area contributed by atoms with Gasteiger partial charge in [-0.15, -0.1) is 34.5 Å². The summed E-state index contributed by atoms with van der Waals surface area (Å²) in [7, 11) is 0. The zero-order chi connectivity index (χ0) is 17.4. The smallest absolute Gasteiger partial charge is 0 e. The molecule has 0 radical (unpaired) electrons. The van der Waals surface area contributed by atoms with Crippen LogP contribution in [-0.2, 0) is 45.1 Å². The van der Waals surface area contributed by atoms with E-state index >= 15 is 0 Å². The summed E-state index contributed by atoms with van der Waals surface area (Å²) in [5, 5.41) is 2.93. The van der Waals surface area contributed by atoms with Gasteiger partial charge in [0, 0.05) is 25.8 Å². The minimum Gasteiger partial charge on any atom is -0.358 e. The fraction of sp³-hybridized carbons (Fsp3) is 0.323. The Kier molecular flexibility index (Phi) is 24.5. The molecular weight excluding hydrogens is 551 g/mol. The first-order valence-electron chi connectivity index (χ1n) is 9.10. The number of hydrogen-bond donors (Lipinski definition) is 0. The summed E-state index contributed by atoms with van der Waals surface area (Å²) in [6, 6.07) is 19.5. The summed E-state index contributed by atoms with van der Waals surface area (Å²) in [6.07, 6.45) is 3.63. The largest absolute Gasteiger partial charge is 0.358 e. The molecular formula is C31H51Hf-9. The van der Waals surface area contributed by atoms with E-state index in [1.807, 2.05) is 30.3 Å². The number of hydrogen-bond acceptors (Lipinski definition) is 0. The van der Waals surface area contributed by atoms with E-state index in [0.29, 0.717) is 10.8 Å². The van der Waals surface area contributed by atoms with Crippen LogP contribution in [0.1, 0.15) is 51.3 Å². The van der Waals surface area contributed by atoms with Crippen LogP contribution in [0.5, 0.6) is 0 Å². The average molecular weight is 602 g/mol. The van der Waals surface area contributed by atoms with Gasteiger partial charge in [-0.05, 0) is 23.7 Å². The summed E-state index contributed by atoms with van der Waals surface area (Å²) in [4.78, 5) is 0. The van der Waals surface area contributed by atoms with Gasteiger partial charge in [0.2, 0.25) is 0 Å². The molecule has 0 bridgehead atoms. The second-order valence-corrected chi connectivity index (χ2v) is 9.28. The van der Waals surface area contributed by atoms with Crippen LogP contribution in [0.3, 0.4) is 0 Å². The van der Waals surface area contributed by atoms with Gasteiger partial charge in [-0.1, -0.05) is 52.2 Å². The number of rotatable bonds is 1. The molecule has 0 N–H and O–H groups in total. The SMILES string of the molecule is CC(C)(C)C[c-]1ccc2cc3c(cc21)CC(C)(C)C3.[CH3-].[CH3-].[CH3-].[CH3-].[CH3-].[CH3-].[CH3-].[Hf].c1cc[cH-]c1. The van der Waals surface area contributed by atoms with Crippen LogP contribution in [0, 0.1) is 62.8 Å². The molecule has 1 heteroatoms. The molecule has 0 nitrogen and oxygen atoms in total. The van der Waals surface area contributed by atoms with Gasteiger partial charge in [0.25, 0.3) is 0 Å². The van der Waals surface area contributed by atoms with E-state index < -0.39 is 0 Å². The molecule has 4 rings (SSSR count). The molecule has 0 spiro atoms. The second kappa shape index (κ2) is 17.5. The van der Waals surface area contributed by atoms with Gasteiger partial charge in [0.15, 0.2) is 0 Å². The number of fused-ring (bicyclic) bond motifs is 2. The topological polar surface area (TPSA) is 0 Å². The van der Waals surface area contributed by atoms with E-state index in [-0.39, 0.29) is 77.8 Å². The molecule has 32 heavy (non-hydrogen) atoms. The number of benzene rings is 1. The summed E-state index contributed by atoms with van der Waals surface area (Å²) in [5.41, 5.74) is 5.49. The first-order chi connectivity index (χ1) is 11.2. The van der Waals surface area contributed by atoms with Gasteiger partial charge in [0.05, 0.1) is 0 Å². The van der Waals surface area contributed by atoms with Gasteiger partial charge in [-0.25, -0.2) is 12.1 Å². The maximum absolute atomic E-state index is 2.47. The third-order valence-corrected chi connectivity index (χ3v) is 4.80. The molecule has 1 aliphatic rings. The van der Waals surface area contributed by atoms with E-state index in [0.717, 1.165) is 0 Å². The van der Waals surface area contributed by atoms with Crippen LogP contribution >= 0.6 is 0 Å². The zero-order valence-electron chi connectivity index (χ0n) is 23.3. The minimum atomic E-state index is 0. The fourth-order valence-corrected chi connectivity index (χ4v) is 3.87. The molecule has 0 aliphatic heterocycles. The summed E-state index contributed by atoms with van der Waals surface area (Å²) >= 11 is 0. The molecule has 0 fully saturated rings. The third-order valence-electron chi connectivity index (χ3n) is 4.80. The predicted molar refractivity (Wildman–Crippen MR) is 151 cm³/mol. The Bertz CT molecular complexity index is 778. The van der Waals surface area contributed by atoms with Gasteiger partial charge >= 0.3 is 0 Å². The molecule has 3 aromatic rings. The third kappa shape index (κ3) is 11.8. The average Bonchev–Trinajstić information content (AvgIpc) is 3.15. The standard InChI is InChI=1S/C19H25.C5H5.7CH3.Hf/c1-18(2,3)10-14-7-6-13-8-15-11-19(4,5)12-16(15)9-17(13)14;1-2-4-5-3-1;;;;;;;;/h6-9H,10-12H2,1-5H3;1-5H;7*1H3;/q9*-1;. The molecule has 0 heterocycles. The molecule has 1 aliphatic carbocycles. The monoisotopic (exact) mass is 603 g/mol. The van der Waals surface area contributed by atoms with Gasteiger partial charge in [0.1, 0.15) is 0 Å². The molecule has 0 atom stereocenters. The van der Waals surface area contributed by atoms with E-state index in [2.05, 4.69) is 58.9 Å². The maximum Gasteiger partial charge on any atom is 0 e. The maximum atomic E-state index is 2.47. The first-order valence-corrected chi connectivity index (χ1v) is 9.10. The Morgan fingerprint density at radius 3 is 1.72 bits per heavy atom. The normalized spacial score (nSPS) is 11.9. The van der Waals surface area contributed by atoms with Crippen LogP contribution < -0.4 is 0 Å². The predicted octanol–water partition coefficient (Wildman–Crippen LogP) is 9.83. The summed E-state index contributed by atoms with van der Waals surface area (Å²) in [6.45, 7) is 11.7. The van der Waals surface area contributed by atoms with Crippen molar-refractivity contribution in [1.82, 2.24) is 0 Å². The van der Waals surface area contributed by atoms with Crippen molar-refractivity contribution in [3.8, 4) is 0 Å². The molecule has 0 saturated heterocycles. The van der Waals surface area contributed by atoms with Crippen molar-refractivity contribution in [3.63, 3.8) is 0 Å². The zero-order valence-corrected chi connectivity index (χ0v) is 26.9. The minimum absolute atomic E-state index is 0. The molecule has 0 aromatic heterocycles. The first kappa shape index (κ1) is 44.7. The van der Waals surface area contributed by atoms with E-state index in [1.54, 1.807) is 11.1 Å². The van der Waals surface area contributed by atoms with Crippen molar-refractivity contribution >= 4 is 10.8 Å². The van der Waals surface area contributed by atoms with Gasteiger partial charge in [-0.3, -0.25) is 0 Å². The van der Waals surface area contributed by atoms with Gasteiger partial charge < -0.3 is 52.0 Å². The molecule has 0 amide bonds. The molecule has 3 aromatic carbocycles. The molecule has 0 saturated carbocycles. The van der Waals surface area contributed by atoms with E-state index in [9.17, 15) is 0 Å². The Balaban J connectivity index is -0.000000117. The van der Waals surface area contributed by atoms with Crippen molar-refractivity contribution < 1.29 is 25.8 Å². The second-order valence-electron chi connectivity index (χ2n) is 9.28. The van der Waals surface area contributed by atoms with Crippen molar-refractivity contribution in [2.75, 3.05) is 0 Å². The van der Waals surface area contributed by atoms with Gasteiger partial charge in [-0.2, -0.15) is 24.3 Å². The van der Waals surface area contributed by atoms with Crippen molar-refractivity contribution in [2.24, 2.45) is 10.8 Å². The Morgan fingerprint density at radius 1 is 0.844 bits per heavy atom. The quantitative estimate of drug-likeness (QED) is 0.192. The van der Waals surface area contributed by atoms with E-state index in [4.69, 9.17) is 0 Å². The van der Waals surface area contributed by atoms with Crippen LogP contribution in [0.25, 0.3) is 10.8 Å². The van der Waals surface area contributed by atoms with Crippen LogP contribution in [0.4, 0.5) is 0 Å². The summed E-state index contributed by atoms with van der Waals surface area (Å²) in [5.74, 6) is 0. The summed E-state index contributed by atoms with van der Waals surface area (Å²) < 4.78 is 0. The van der Waals surface area contributed by atoms with Crippen molar-refractivity contribution in [1.29, 1.82) is 0 Å². The van der Waals surface area contributed by atoms with Crippen molar-refractivity contribution in [3.05, 3.63) is 123 Å². The Hall–Kier alpha value is -0.950. The van der Waals surface area contributed by atoms with E-state index in [1.165, 1.54) is 35.6 Å². The molecule has 188 valence electrons. The Morgan fingerprint density at radius 2 is 1.31 bits per heavy atom.